The van der Waals surface area contributed by atoms with Crippen molar-refractivity contribution in [1.82, 2.24) is 20.0 Å². The van der Waals surface area contributed by atoms with Crippen LogP contribution in [0.25, 0.3) is 0 Å². The Hall–Kier alpha value is -2.90. The van der Waals surface area contributed by atoms with E-state index in [-0.39, 0.29) is 35.1 Å². The second-order valence-electron chi connectivity index (χ2n) is 10.5. The van der Waals surface area contributed by atoms with E-state index < -0.39 is 0 Å². The molecule has 0 bridgehead atoms. The average Bonchev–Trinajstić information content (AvgIpc) is 3.33. The minimum absolute atomic E-state index is 0.112. The van der Waals surface area contributed by atoms with E-state index in [2.05, 4.69) is 31.0 Å². The fourth-order valence-corrected chi connectivity index (χ4v) is 4.71. The van der Waals surface area contributed by atoms with Gasteiger partial charge in [0.15, 0.2) is 0 Å². The Morgan fingerprint density at radius 2 is 1.79 bits per heavy atom. The third-order valence-electron chi connectivity index (χ3n) is 6.80. The van der Waals surface area contributed by atoms with Gasteiger partial charge in [0.05, 0.1) is 0 Å². The first-order valence-corrected chi connectivity index (χ1v) is 12.3. The molecule has 7 nitrogen and oxygen atoms in total. The highest BCUT2D eigenvalue weighted by atomic mass is 19.1. The number of carbonyl (C=O) groups excluding carboxylic acids is 2. The molecule has 2 aromatic rings. The SMILES string of the molecule is CC(C)(C)c1cc(C(=O)N2CC[C@H](Oc3ccc(F)cc3)[C@@H](CC(=O)N3CCCCC3)C2)n[nH]1. The minimum Gasteiger partial charge on any atom is -0.490 e. The van der Waals surface area contributed by atoms with E-state index in [1.807, 2.05) is 11.0 Å². The van der Waals surface area contributed by atoms with Crippen molar-refractivity contribution in [3.8, 4) is 5.75 Å². The van der Waals surface area contributed by atoms with Crippen molar-refractivity contribution in [2.24, 2.45) is 5.92 Å². The van der Waals surface area contributed by atoms with Gasteiger partial charge in [0.25, 0.3) is 5.91 Å². The summed E-state index contributed by atoms with van der Waals surface area (Å²) < 4.78 is 19.5. The Bertz CT molecular complexity index is 992. The quantitative estimate of drug-likeness (QED) is 0.712. The maximum atomic E-state index is 13.3. The van der Waals surface area contributed by atoms with E-state index in [4.69, 9.17) is 4.74 Å². The first-order valence-electron chi connectivity index (χ1n) is 12.3. The highest BCUT2D eigenvalue weighted by Gasteiger charge is 2.36. The molecular formula is C26H35FN4O3. The predicted molar refractivity (Wildman–Crippen MR) is 127 cm³/mol. The van der Waals surface area contributed by atoms with Crippen LogP contribution >= 0.6 is 0 Å². The number of hydrogen-bond acceptors (Lipinski definition) is 4. The summed E-state index contributed by atoms with van der Waals surface area (Å²) in [5, 5.41) is 7.24. The number of nitrogens with one attached hydrogen (secondary N) is 1. The zero-order valence-corrected chi connectivity index (χ0v) is 20.3. The van der Waals surface area contributed by atoms with Gasteiger partial charge in [-0.05, 0) is 49.6 Å². The zero-order chi connectivity index (χ0) is 24.3. The lowest BCUT2D eigenvalue weighted by atomic mass is 9.90. The second-order valence-corrected chi connectivity index (χ2v) is 10.5. The van der Waals surface area contributed by atoms with E-state index >= 15 is 0 Å². The van der Waals surface area contributed by atoms with Crippen molar-refractivity contribution in [2.75, 3.05) is 26.2 Å². The van der Waals surface area contributed by atoms with Crippen LogP contribution in [0.3, 0.4) is 0 Å². The molecule has 2 saturated heterocycles. The van der Waals surface area contributed by atoms with Crippen LogP contribution in [0.5, 0.6) is 5.75 Å². The molecule has 4 rings (SSSR count). The molecule has 2 aliphatic rings. The number of hydrogen-bond donors (Lipinski definition) is 1. The van der Waals surface area contributed by atoms with Crippen molar-refractivity contribution >= 4 is 11.8 Å². The Kier molecular flexibility index (Phi) is 7.24. The Morgan fingerprint density at radius 1 is 1.09 bits per heavy atom. The van der Waals surface area contributed by atoms with Gasteiger partial charge in [-0.2, -0.15) is 5.10 Å². The summed E-state index contributed by atoms with van der Waals surface area (Å²) in [6.07, 6.45) is 3.91. The lowest BCUT2D eigenvalue weighted by molar-refractivity contribution is -0.134. The number of amides is 2. The second kappa shape index (κ2) is 10.2. The third-order valence-corrected chi connectivity index (χ3v) is 6.80. The number of likely N-dealkylation sites (tertiary alicyclic amines) is 2. The summed E-state index contributed by atoms with van der Waals surface area (Å²) in [4.78, 5) is 30.0. The zero-order valence-electron chi connectivity index (χ0n) is 20.3. The van der Waals surface area contributed by atoms with Crippen LogP contribution in [0.2, 0.25) is 0 Å². The maximum Gasteiger partial charge on any atom is 0.274 e. The van der Waals surface area contributed by atoms with Crippen LogP contribution in [0.1, 0.15) is 69.1 Å². The normalized spacial score (nSPS) is 21.4. The first-order chi connectivity index (χ1) is 16.2. The molecule has 0 radical (unpaired) electrons. The molecule has 1 aromatic heterocycles. The van der Waals surface area contributed by atoms with Gasteiger partial charge in [0.1, 0.15) is 23.4 Å². The summed E-state index contributed by atoms with van der Waals surface area (Å²) in [6, 6.07) is 7.76. The molecule has 3 heterocycles. The molecule has 2 aliphatic heterocycles. The standard InChI is InChI=1S/C26H35FN4O3/c1-26(2,3)23-16-21(28-29-23)25(33)31-14-11-22(34-20-9-7-19(27)8-10-20)18(17-31)15-24(32)30-12-5-4-6-13-30/h7-10,16,18,22H,4-6,11-15,17H2,1-3H3,(H,28,29)/t18-,22-/m0/s1. The molecule has 0 saturated carbocycles. The molecule has 0 aliphatic carbocycles. The fraction of sp³-hybridized carbons (Fsp3) is 0.577. The van der Waals surface area contributed by atoms with Gasteiger partial charge in [-0.3, -0.25) is 14.7 Å². The lowest BCUT2D eigenvalue weighted by Gasteiger charge is -2.39. The lowest BCUT2D eigenvalue weighted by Crippen LogP contribution is -2.50. The van der Waals surface area contributed by atoms with E-state index in [1.165, 1.54) is 12.1 Å². The number of H-pyrrole nitrogens is 1. The Morgan fingerprint density at radius 3 is 2.44 bits per heavy atom. The van der Waals surface area contributed by atoms with Crippen molar-refractivity contribution in [3.63, 3.8) is 0 Å². The van der Waals surface area contributed by atoms with Crippen molar-refractivity contribution in [3.05, 3.63) is 47.5 Å². The molecule has 1 N–H and O–H groups in total. The number of aromatic amines is 1. The van der Waals surface area contributed by atoms with Gasteiger partial charge in [-0.1, -0.05) is 20.8 Å². The van der Waals surface area contributed by atoms with Crippen molar-refractivity contribution in [2.45, 2.75) is 64.4 Å². The van der Waals surface area contributed by atoms with Gasteiger partial charge < -0.3 is 14.5 Å². The molecule has 2 fully saturated rings. The fourth-order valence-electron chi connectivity index (χ4n) is 4.71. The summed E-state index contributed by atoms with van der Waals surface area (Å²) >= 11 is 0. The van der Waals surface area contributed by atoms with Crippen LogP contribution in [0.15, 0.2) is 30.3 Å². The summed E-state index contributed by atoms with van der Waals surface area (Å²) in [5.41, 5.74) is 1.16. The van der Waals surface area contributed by atoms with E-state index in [9.17, 15) is 14.0 Å². The van der Waals surface area contributed by atoms with Crippen molar-refractivity contribution < 1.29 is 18.7 Å². The van der Waals surface area contributed by atoms with Gasteiger partial charge in [0.2, 0.25) is 5.91 Å². The number of carbonyl (C=O) groups is 2. The van der Waals surface area contributed by atoms with E-state index in [1.54, 1.807) is 17.0 Å². The predicted octanol–water partition coefficient (Wildman–Crippen LogP) is 4.16. The minimum atomic E-state index is -0.321. The molecular weight excluding hydrogens is 435 g/mol. The van der Waals surface area contributed by atoms with Gasteiger partial charge in [0, 0.05) is 56.0 Å². The highest BCUT2D eigenvalue weighted by molar-refractivity contribution is 5.92. The summed E-state index contributed by atoms with van der Waals surface area (Å²) in [6.45, 7) is 8.71. The average molecular weight is 471 g/mol. The van der Waals surface area contributed by atoms with Crippen LogP contribution < -0.4 is 4.74 Å². The van der Waals surface area contributed by atoms with E-state index in [0.717, 1.165) is 38.0 Å². The topological polar surface area (TPSA) is 78.5 Å². The molecule has 184 valence electrons. The number of halogens is 1. The summed E-state index contributed by atoms with van der Waals surface area (Å²) in [5.74, 6) is 0.0732. The van der Waals surface area contributed by atoms with Crippen LogP contribution in [0.4, 0.5) is 4.39 Å². The number of rotatable bonds is 5. The monoisotopic (exact) mass is 470 g/mol. The number of ether oxygens (including phenoxy) is 1. The van der Waals surface area contributed by atoms with E-state index in [0.29, 0.717) is 37.4 Å². The third kappa shape index (κ3) is 5.77. The number of benzene rings is 1. The number of aromatic nitrogens is 2. The molecule has 2 amide bonds. The van der Waals surface area contributed by atoms with Crippen molar-refractivity contribution in [1.29, 1.82) is 0 Å². The molecule has 0 unspecified atom stereocenters. The molecule has 0 spiro atoms. The number of nitrogens with zero attached hydrogens (tertiary/aromatic N) is 3. The van der Waals surface area contributed by atoms with Gasteiger partial charge >= 0.3 is 0 Å². The van der Waals surface area contributed by atoms with Crippen LogP contribution in [-0.2, 0) is 10.2 Å². The molecule has 2 atom stereocenters. The number of piperidine rings is 2. The maximum absolute atomic E-state index is 13.3. The molecule has 34 heavy (non-hydrogen) atoms. The Labute approximate surface area is 200 Å². The Balaban J connectivity index is 1.48. The molecule has 8 heteroatoms. The van der Waals surface area contributed by atoms with Crippen LogP contribution in [-0.4, -0.2) is 64.1 Å². The molecule has 1 aromatic carbocycles. The van der Waals surface area contributed by atoms with Gasteiger partial charge in [-0.25, -0.2) is 4.39 Å². The van der Waals surface area contributed by atoms with Crippen LogP contribution in [0, 0.1) is 11.7 Å². The first kappa shape index (κ1) is 24.2. The van der Waals surface area contributed by atoms with Gasteiger partial charge in [-0.15, -0.1) is 0 Å². The largest absolute Gasteiger partial charge is 0.490 e. The smallest absolute Gasteiger partial charge is 0.274 e. The summed E-state index contributed by atoms with van der Waals surface area (Å²) in [7, 11) is 0. The highest BCUT2D eigenvalue weighted by Crippen LogP contribution is 2.28.